The fraction of sp³-hybridized carbons (Fsp3) is 0.200. The summed E-state index contributed by atoms with van der Waals surface area (Å²) in [5, 5.41) is 0. The molecule has 0 saturated heterocycles. The molecule has 2 nitrogen and oxygen atoms in total. The van der Waals surface area contributed by atoms with Gasteiger partial charge < -0.3 is 4.74 Å². The largest absolute Gasteiger partial charge is 0.460 e. The van der Waals surface area contributed by atoms with Crippen LogP contribution in [-0.4, -0.2) is 6.47 Å². The maximum Gasteiger partial charge on any atom is 0.293 e. The van der Waals surface area contributed by atoms with Crippen molar-refractivity contribution in [2.24, 2.45) is 0 Å². The van der Waals surface area contributed by atoms with E-state index in [1.165, 1.54) is 6.61 Å². The summed E-state index contributed by atoms with van der Waals surface area (Å²) in [5.41, 5.74) is 0. The highest BCUT2D eigenvalue weighted by Gasteiger charge is 1.76. The Morgan fingerprint density at radius 2 is 2.43 bits per heavy atom. The van der Waals surface area contributed by atoms with E-state index >= 15 is 0 Å². The first-order valence-electron chi connectivity index (χ1n) is 1.93. The fourth-order valence-electron chi connectivity index (χ4n) is 0.163. The Labute approximate surface area is 42.8 Å². The molecule has 0 aromatic heterocycles. The first-order chi connectivity index (χ1) is 3.41. The second kappa shape index (κ2) is 5.21. The van der Waals surface area contributed by atoms with Crippen LogP contribution in [0.25, 0.3) is 0 Å². The Morgan fingerprint density at radius 1 is 1.71 bits per heavy atom. The molecule has 0 saturated carbocycles. The summed E-state index contributed by atoms with van der Waals surface area (Å²) in [6.07, 6.45) is 2.25. The van der Waals surface area contributed by atoms with Gasteiger partial charge in [0.15, 0.2) is 0 Å². The molecular formula is C5H7O2. The second-order valence-electron chi connectivity index (χ2n) is 0.923. The van der Waals surface area contributed by atoms with Crippen LogP contribution in [0.4, 0.5) is 0 Å². The van der Waals surface area contributed by atoms with E-state index in [1.54, 1.807) is 6.08 Å². The van der Waals surface area contributed by atoms with Gasteiger partial charge in [0.2, 0.25) is 0 Å². The summed E-state index contributed by atoms with van der Waals surface area (Å²) in [5.74, 6) is 0. The lowest BCUT2D eigenvalue weighted by Crippen LogP contribution is -1.79. The molecule has 0 N–H and O–H groups in total. The van der Waals surface area contributed by atoms with Crippen LogP contribution >= 0.6 is 0 Å². The standard InChI is InChI=1S/C5H7O2/c1-2-3-4-7-5-6/h2,4-5H,1,3H2. The number of ether oxygens (including phenoxy) is 1. The van der Waals surface area contributed by atoms with Crippen LogP contribution in [0, 0.1) is 6.61 Å². The molecule has 0 aliphatic heterocycles. The minimum absolute atomic E-state index is 0.378. The molecule has 0 bridgehead atoms. The van der Waals surface area contributed by atoms with Crippen LogP contribution in [-0.2, 0) is 9.53 Å². The van der Waals surface area contributed by atoms with Crippen LogP contribution in [0.5, 0.6) is 0 Å². The highest BCUT2D eigenvalue weighted by Crippen LogP contribution is 1.84. The van der Waals surface area contributed by atoms with Gasteiger partial charge in [0.1, 0.15) is 6.61 Å². The van der Waals surface area contributed by atoms with Crippen LogP contribution in [0.15, 0.2) is 12.7 Å². The van der Waals surface area contributed by atoms with Crippen molar-refractivity contribution in [2.45, 2.75) is 6.42 Å². The van der Waals surface area contributed by atoms with Gasteiger partial charge >= 0.3 is 0 Å². The minimum atomic E-state index is 0.378. The van der Waals surface area contributed by atoms with Crippen LogP contribution in [0.1, 0.15) is 6.42 Å². The average Bonchev–Trinajstić information content (AvgIpc) is 1.69. The number of hydrogen-bond acceptors (Lipinski definition) is 2. The van der Waals surface area contributed by atoms with Crippen molar-refractivity contribution in [3.63, 3.8) is 0 Å². The highest BCUT2D eigenvalue weighted by atomic mass is 16.5. The van der Waals surface area contributed by atoms with Crippen LogP contribution in [0.2, 0.25) is 0 Å². The van der Waals surface area contributed by atoms with Crippen LogP contribution < -0.4 is 0 Å². The Morgan fingerprint density at radius 3 is 2.86 bits per heavy atom. The second-order valence-corrected chi connectivity index (χ2v) is 0.923. The molecule has 0 rings (SSSR count). The molecule has 7 heavy (non-hydrogen) atoms. The normalized spacial score (nSPS) is 7.43. The molecule has 0 aliphatic carbocycles. The summed E-state index contributed by atoms with van der Waals surface area (Å²) >= 11 is 0. The zero-order valence-electron chi connectivity index (χ0n) is 3.96. The Kier molecular flexibility index (Phi) is 4.62. The summed E-state index contributed by atoms with van der Waals surface area (Å²) in [6.45, 7) is 5.16. The van der Waals surface area contributed by atoms with E-state index in [0.29, 0.717) is 12.9 Å². The van der Waals surface area contributed by atoms with Gasteiger partial charge in [-0.3, -0.25) is 4.79 Å². The Hall–Kier alpha value is -0.790. The van der Waals surface area contributed by atoms with Gasteiger partial charge in [0, 0.05) is 6.42 Å². The molecule has 0 heterocycles. The highest BCUT2D eigenvalue weighted by molar-refractivity contribution is 5.37. The molecule has 0 aromatic rings. The maximum atomic E-state index is 9.39. The van der Waals surface area contributed by atoms with Crippen molar-refractivity contribution < 1.29 is 9.53 Å². The lowest BCUT2D eigenvalue weighted by atomic mass is 10.5. The summed E-state index contributed by atoms with van der Waals surface area (Å²) in [6, 6.07) is 0. The molecule has 2 heteroatoms. The van der Waals surface area contributed by atoms with Crippen molar-refractivity contribution in [3.8, 4) is 0 Å². The number of carbonyl (C=O) groups excluding carboxylic acids is 1. The summed E-state index contributed by atoms with van der Waals surface area (Å²) < 4.78 is 4.20. The molecule has 0 atom stereocenters. The summed E-state index contributed by atoms with van der Waals surface area (Å²) in [4.78, 5) is 9.39. The zero-order chi connectivity index (χ0) is 5.54. The number of carbonyl (C=O) groups is 1. The third-order valence-electron chi connectivity index (χ3n) is 0.415. The van der Waals surface area contributed by atoms with Gasteiger partial charge in [-0.25, -0.2) is 0 Å². The first kappa shape index (κ1) is 6.21. The smallest absolute Gasteiger partial charge is 0.293 e. The topological polar surface area (TPSA) is 26.3 Å². The minimum Gasteiger partial charge on any atom is -0.460 e. The first-order valence-corrected chi connectivity index (χ1v) is 1.93. The van der Waals surface area contributed by atoms with E-state index in [1.807, 2.05) is 0 Å². The Bertz CT molecular complexity index is 51.1. The molecule has 0 amide bonds. The quantitative estimate of drug-likeness (QED) is 0.297. The number of rotatable bonds is 4. The maximum absolute atomic E-state index is 9.39. The SMILES string of the molecule is C=CC[CH]OC=O. The number of hydrogen-bond donors (Lipinski definition) is 0. The molecule has 0 spiro atoms. The predicted molar refractivity (Wildman–Crippen MR) is 26.3 cm³/mol. The molecule has 0 aromatic carbocycles. The molecule has 1 radical (unpaired) electrons. The van der Waals surface area contributed by atoms with Gasteiger partial charge in [-0.2, -0.15) is 0 Å². The van der Waals surface area contributed by atoms with Gasteiger partial charge in [-0.1, -0.05) is 6.08 Å². The van der Waals surface area contributed by atoms with E-state index in [2.05, 4.69) is 11.3 Å². The molecule has 0 fully saturated rings. The van der Waals surface area contributed by atoms with Crippen molar-refractivity contribution in [2.75, 3.05) is 0 Å². The lowest BCUT2D eigenvalue weighted by molar-refractivity contribution is -0.125. The van der Waals surface area contributed by atoms with E-state index in [0.717, 1.165) is 0 Å². The third kappa shape index (κ3) is 5.21. The van der Waals surface area contributed by atoms with Crippen molar-refractivity contribution in [1.82, 2.24) is 0 Å². The lowest BCUT2D eigenvalue weighted by Gasteiger charge is -1.86. The van der Waals surface area contributed by atoms with E-state index < -0.39 is 0 Å². The average molecular weight is 99.1 g/mol. The zero-order valence-corrected chi connectivity index (χ0v) is 3.96. The van der Waals surface area contributed by atoms with Crippen molar-refractivity contribution >= 4 is 6.47 Å². The molecule has 0 aliphatic rings. The van der Waals surface area contributed by atoms with Crippen molar-refractivity contribution in [3.05, 3.63) is 19.3 Å². The molecular weight excluding hydrogens is 92.1 g/mol. The van der Waals surface area contributed by atoms with E-state index in [-0.39, 0.29) is 0 Å². The molecule has 0 unspecified atom stereocenters. The molecule has 39 valence electrons. The van der Waals surface area contributed by atoms with Gasteiger partial charge in [-0.15, -0.1) is 6.58 Å². The third-order valence-corrected chi connectivity index (χ3v) is 0.415. The predicted octanol–water partition coefficient (Wildman–Crippen LogP) is 0.897. The summed E-state index contributed by atoms with van der Waals surface area (Å²) in [7, 11) is 0. The van der Waals surface area contributed by atoms with Gasteiger partial charge in [-0.05, 0) is 0 Å². The van der Waals surface area contributed by atoms with Crippen LogP contribution in [0.3, 0.4) is 0 Å². The van der Waals surface area contributed by atoms with Crippen molar-refractivity contribution in [1.29, 1.82) is 0 Å². The Balaban J connectivity index is 2.68. The van der Waals surface area contributed by atoms with Gasteiger partial charge in [0.25, 0.3) is 6.47 Å². The fourth-order valence-corrected chi connectivity index (χ4v) is 0.163. The monoisotopic (exact) mass is 99.0 g/mol. The van der Waals surface area contributed by atoms with Gasteiger partial charge in [0.05, 0.1) is 0 Å². The van der Waals surface area contributed by atoms with E-state index in [9.17, 15) is 4.79 Å². The van der Waals surface area contributed by atoms with E-state index in [4.69, 9.17) is 0 Å².